The normalized spacial score (nSPS) is 20.0. The first-order valence-electron chi connectivity index (χ1n) is 8.63. The Morgan fingerprint density at radius 3 is 2.92 bits per heavy atom. The summed E-state index contributed by atoms with van der Waals surface area (Å²) in [4.78, 5) is 8.65. The van der Waals surface area contributed by atoms with Gasteiger partial charge in [-0.05, 0) is 35.2 Å². The van der Waals surface area contributed by atoms with Crippen molar-refractivity contribution in [2.75, 3.05) is 6.61 Å². The highest BCUT2D eigenvalue weighted by atomic mass is 16.5. The molecule has 1 aromatic carbocycles. The molecule has 0 aliphatic carbocycles. The van der Waals surface area contributed by atoms with Crippen molar-refractivity contribution in [1.82, 2.24) is 19.9 Å². The van der Waals surface area contributed by atoms with Gasteiger partial charge < -0.3 is 14.6 Å². The number of aromatic nitrogens is 3. The SMILES string of the molecule is Cn1ccnc1[C@H]1OCC[C@@H]1NCc1cccc(-c2cccnc2)c1. The minimum atomic E-state index is 0.0153. The maximum absolute atomic E-state index is 5.92. The van der Waals surface area contributed by atoms with Crippen LogP contribution in [0.4, 0.5) is 0 Å². The van der Waals surface area contributed by atoms with E-state index in [4.69, 9.17) is 4.74 Å². The largest absolute Gasteiger partial charge is 0.369 e. The predicted molar refractivity (Wildman–Crippen MR) is 96.8 cm³/mol. The lowest BCUT2D eigenvalue weighted by atomic mass is 10.0. The molecule has 3 aromatic rings. The molecule has 0 amide bonds. The zero-order valence-electron chi connectivity index (χ0n) is 14.3. The molecule has 3 heterocycles. The molecule has 5 nitrogen and oxygen atoms in total. The van der Waals surface area contributed by atoms with Crippen LogP contribution in [0.2, 0.25) is 0 Å². The van der Waals surface area contributed by atoms with Gasteiger partial charge in [-0.2, -0.15) is 0 Å². The van der Waals surface area contributed by atoms with Crippen LogP contribution in [-0.4, -0.2) is 27.2 Å². The van der Waals surface area contributed by atoms with E-state index in [0.29, 0.717) is 0 Å². The van der Waals surface area contributed by atoms with Crippen molar-refractivity contribution in [1.29, 1.82) is 0 Å². The van der Waals surface area contributed by atoms with Gasteiger partial charge in [-0.1, -0.05) is 24.3 Å². The summed E-state index contributed by atoms with van der Waals surface area (Å²) < 4.78 is 7.95. The van der Waals surface area contributed by atoms with Crippen LogP contribution >= 0.6 is 0 Å². The standard InChI is InChI=1S/C20H22N4O/c1-24-10-9-22-20(24)19-18(7-11-25-19)23-13-15-4-2-5-16(12-15)17-6-3-8-21-14-17/h2-6,8-10,12,14,18-19,23H,7,11,13H2,1H3/t18-,19-/m0/s1. The average molecular weight is 334 g/mol. The lowest BCUT2D eigenvalue weighted by Gasteiger charge is -2.20. The maximum Gasteiger partial charge on any atom is 0.139 e. The van der Waals surface area contributed by atoms with Gasteiger partial charge in [-0.15, -0.1) is 0 Å². The van der Waals surface area contributed by atoms with Gasteiger partial charge in [-0.25, -0.2) is 4.98 Å². The molecule has 2 aromatic heterocycles. The molecule has 1 fully saturated rings. The van der Waals surface area contributed by atoms with E-state index in [1.54, 1.807) is 6.20 Å². The molecule has 1 aliphatic heterocycles. The van der Waals surface area contributed by atoms with Crippen molar-refractivity contribution in [3.05, 3.63) is 72.6 Å². The molecule has 1 aliphatic rings. The molecule has 0 radical (unpaired) electrons. The lowest BCUT2D eigenvalue weighted by molar-refractivity contribution is 0.0893. The fraction of sp³-hybridized carbons (Fsp3) is 0.300. The van der Waals surface area contributed by atoms with Crippen molar-refractivity contribution < 1.29 is 4.74 Å². The van der Waals surface area contributed by atoms with Crippen LogP contribution in [-0.2, 0) is 18.3 Å². The molecule has 128 valence electrons. The summed E-state index contributed by atoms with van der Waals surface area (Å²) in [5.74, 6) is 0.985. The van der Waals surface area contributed by atoms with Crippen molar-refractivity contribution in [3.8, 4) is 11.1 Å². The molecule has 25 heavy (non-hydrogen) atoms. The van der Waals surface area contributed by atoms with Crippen LogP contribution in [0.1, 0.15) is 23.9 Å². The monoisotopic (exact) mass is 334 g/mol. The Balaban J connectivity index is 1.45. The number of nitrogens with one attached hydrogen (secondary N) is 1. The highest BCUT2D eigenvalue weighted by molar-refractivity contribution is 5.62. The Labute approximate surface area is 147 Å². The second-order valence-electron chi connectivity index (χ2n) is 6.41. The third-order valence-electron chi connectivity index (χ3n) is 4.69. The topological polar surface area (TPSA) is 52.0 Å². The zero-order chi connectivity index (χ0) is 17.1. The molecule has 0 saturated carbocycles. The number of ether oxygens (including phenoxy) is 1. The van der Waals surface area contributed by atoms with Crippen molar-refractivity contribution in [2.24, 2.45) is 7.05 Å². The van der Waals surface area contributed by atoms with E-state index in [-0.39, 0.29) is 12.1 Å². The number of rotatable bonds is 5. The van der Waals surface area contributed by atoms with E-state index in [2.05, 4.69) is 45.6 Å². The molecule has 5 heteroatoms. The molecule has 2 atom stereocenters. The summed E-state index contributed by atoms with van der Waals surface area (Å²) in [6, 6.07) is 12.9. The van der Waals surface area contributed by atoms with Crippen LogP contribution in [0.3, 0.4) is 0 Å². The Morgan fingerprint density at radius 1 is 1.20 bits per heavy atom. The molecule has 0 bridgehead atoms. The lowest BCUT2D eigenvalue weighted by Crippen LogP contribution is -2.32. The second-order valence-corrected chi connectivity index (χ2v) is 6.41. The summed E-state index contributed by atoms with van der Waals surface area (Å²) in [5.41, 5.74) is 3.59. The van der Waals surface area contributed by atoms with Gasteiger partial charge in [0.15, 0.2) is 0 Å². The van der Waals surface area contributed by atoms with Crippen LogP contribution in [0.15, 0.2) is 61.2 Å². The Kier molecular flexibility index (Phi) is 4.59. The summed E-state index contributed by atoms with van der Waals surface area (Å²) >= 11 is 0. The maximum atomic E-state index is 5.92. The molecule has 0 unspecified atom stereocenters. The van der Waals surface area contributed by atoms with Gasteiger partial charge in [0, 0.05) is 51.0 Å². The van der Waals surface area contributed by atoms with Crippen molar-refractivity contribution in [3.63, 3.8) is 0 Å². The Hall–Kier alpha value is -2.50. The molecule has 4 rings (SSSR count). The zero-order valence-corrected chi connectivity index (χ0v) is 14.3. The average Bonchev–Trinajstić information content (AvgIpc) is 3.29. The van der Waals surface area contributed by atoms with Gasteiger partial charge in [0.1, 0.15) is 11.9 Å². The predicted octanol–water partition coefficient (Wildman–Crippen LogP) is 3.10. The number of benzene rings is 1. The van der Waals surface area contributed by atoms with Gasteiger partial charge in [0.2, 0.25) is 0 Å². The van der Waals surface area contributed by atoms with E-state index < -0.39 is 0 Å². The van der Waals surface area contributed by atoms with Gasteiger partial charge >= 0.3 is 0 Å². The fourth-order valence-electron chi connectivity index (χ4n) is 3.35. The highest BCUT2D eigenvalue weighted by Gasteiger charge is 2.31. The minimum Gasteiger partial charge on any atom is -0.369 e. The summed E-state index contributed by atoms with van der Waals surface area (Å²) in [6.07, 6.45) is 8.50. The number of pyridine rings is 1. The number of nitrogens with zero attached hydrogens (tertiary/aromatic N) is 3. The second kappa shape index (κ2) is 7.17. The van der Waals surface area contributed by atoms with E-state index in [1.165, 1.54) is 11.1 Å². The van der Waals surface area contributed by atoms with Gasteiger partial charge in [-0.3, -0.25) is 4.98 Å². The van der Waals surface area contributed by atoms with Crippen LogP contribution in [0, 0.1) is 0 Å². The van der Waals surface area contributed by atoms with E-state index in [0.717, 1.165) is 31.0 Å². The third-order valence-corrected chi connectivity index (χ3v) is 4.69. The first kappa shape index (κ1) is 16.0. The first-order chi connectivity index (χ1) is 12.3. The highest BCUT2D eigenvalue weighted by Crippen LogP contribution is 2.28. The van der Waals surface area contributed by atoms with E-state index in [1.807, 2.05) is 36.3 Å². The molecule has 0 spiro atoms. The minimum absolute atomic E-state index is 0.0153. The summed E-state index contributed by atoms with van der Waals surface area (Å²) in [6.45, 7) is 1.58. The van der Waals surface area contributed by atoms with Crippen molar-refractivity contribution >= 4 is 0 Å². The summed E-state index contributed by atoms with van der Waals surface area (Å²) in [5, 5.41) is 3.65. The smallest absolute Gasteiger partial charge is 0.139 e. The van der Waals surface area contributed by atoms with E-state index >= 15 is 0 Å². The molecule has 1 N–H and O–H groups in total. The van der Waals surface area contributed by atoms with Crippen LogP contribution in [0.25, 0.3) is 11.1 Å². The Bertz CT molecular complexity index is 830. The quantitative estimate of drug-likeness (QED) is 0.779. The van der Waals surface area contributed by atoms with Gasteiger partial charge in [0.25, 0.3) is 0 Å². The number of imidazole rings is 1. The van der Waals surface area contributed by atoms with E-state index in [9.17, 15) is 0 Å². The number of aryl methyl sites for hydroxylation is 1. The third kappa shape index (κ3) is 3.48. The van der Waals surface area contributed by atoms with Crippen molar-refractivity contribution in [2.45, 2.75) is 25.1 Å². The van der Waals surface area contributed by atoms with Gasteiger partial charge in [0.05, 0.1) is 0 Å². The Morgan fingerprint density at radius 2 is 2.12 bits per heavy atom. The fourth-order valence-corrected chi connectivity index (χ4v) is 3.35. The molecular formula is C20H22N4O. The number of hydrogen-bond donors (Lipinski definition) is 1. The number of hydrogen-bond acceptors (Lipinski definition) is 4. The molecular weight excluding hydrogens is 312 g/mol. The molecule has 1 saturated heterocycles. The van der Waals surface area contributed by atoms with Crippen LogP contribution < -0.4 is 5.32 Å². The summed E-state index contributed by atoms with van der Waals surface area (Å²) in [7, 11) is 2.01. The first-order valence-corrected chi connectivity index (χ1v) is 8.63. The van der Waals surface area contributed by atoms with Crippen LogP contribution in [0.5, 0.6) is 0 Å².